The third kappa shape index (κ3) is 4.26. The van der Waals surface area contributed by atoms with Gasteiger partial charge in [0.2, 0.25) is 11.7 Å². The number of likely N-dealkylation sites (N-methyl/N-ethyl adjacent to an activating group) is 1. The summed E-state index contributed by atoms with van der Waals surface area (Å²) >= 11 is 10.8. The van der Waals surface area contributed by atoms with Gasteiger partial charge in [-0.1, -0.05) is 11.6 Å². The summed E-state index contributed by atoms with van der Waals surface area (Å²) < 4.78 is 68.4. The number of rotatable bonds is 5. The SMILES string of the molecule is CN1C(=O)[C@H](CC(=O)Nc2ccc(Cl)cc2)N(Nc2c(F)c(F)c(F)c(F)c2F)C1=S. The van der Waals surface area contributed by atoms with Crippen LogP contribution < -0.4 is 10.7 Å². The van der Waals surface area contributed by atoms with E-state index in [-0.39, 0.29) is 5.11 Å². The number of amides is 2. The molecule has 3 rings (SSSR count). The summed E-state index contributed by atoms with van der Waals surface area (Å²) in [6.45, 7) is 0. The highest BCUT2D eigenvalue weighted by Gasteiger charge is 2.43. The fourth-order valence-electron chi connectivity index (χ4n) is 2.77. The van der Waals surface area contributed by atoms with Gasteiger partial charge in [0, 0.05) is 17.8 Å². The van der Waals surface area contributed by atoms with Crippen LogP contribution in [0.15, 0.2) is 24.3 Å². The summed E-state index contributed by atoms with van der Waals surface area (Å²) in [5, 5.41) is 3.28. The fraction of sp³-hybridized carbons (Fsp3) is 0.167. The van der Waals surface area contributed by atoms with Gasteiger partial charge in [0.05, 0.1) is 6.42 Å². The Kier molecular flexibility index (Phi) is 6.32. The topological polar surface area (TPSA) is 64.7 Å². The Labute approximate surface area is 182 Å². The molecule has 0 aromatic heterocycles. The summed E-state index contributed by atoms with van der Waals surface area (Å²) in [6, 6.07) is 4.60. The zero-order chi connectivity index (χ0) is 23.0. The number of carbonyl (C=O) groups excluding carboxylic acids is 2. The van der Waals surface area contributed by atoms with Crippen molar-refractivity contribution in [3.63, 3.8) is 0 Å². The first kappa shape index (κ1) is 22.7. The van der Waals surface area contributed by atoms with E-state index in [0.29, 0.717) is 15.7 Å². The van der Waals surface area contributed by atoms with Crippen molar-refractivity contribution in [3.8, 4) is 0 Å². The maximum atomic E-state index is 14.0. The molecule has 2 amide bonds. The molecule has 2 N–H and O–H groups in total. The molecule has 0 spiro atoms. The number of thiocarbonyl (C=S) groups is 1. The number of nitrogens with one attached hydrogen (secondary N) is 2. The molecule has 0 unspecified atom stereocenters. The molecule has 0 bridgehead atoms. The number of halogens is 6. The standard InChI is InChI=1S/C18H12ClF5N4O2S/c1-27-17(30)9(6-10(29)25-8-4-2-7(19)3-5-8)28(18(27)31)26-16-14(23)12(21)11(20)13(22)15(16)24/h2-5,9,26H,6H2,1H3,(H,25,29)/t9-/m0/s1. The molecule has 0 aliphatic carbocycles. The predicted molar refractivity (Wildman–Crippen MR) is 106 cm³/mol. The Hall–Kier alpha value is -2.99. The highest BCUT2D eigenvalue weighted by Crippen LogP contribution is 2.30. The second-order valence-corrected chi connectivity index (χ2v) is 7.18. The van der Waals surface area contributed by atoms with Gasteiger partial charge >= 0.3 is 0 Å². The summed E-state index contributed by atoms with van der Waals surface area (Å²) in [5.41, 5.74) is 0.904. The van der Waals surface area contributed by atoms with Crippen LogP contribution in [0.1, 0.15) is 6.42 Å². The van der Waals surface area contributed by atoms with E-state index in [1.54, 1.807) is 0 Å². The normalized spacial score (nSPS) is 16.2. The molecule has 2 aromatic carbocycles. The lowest BCUT2D eigenvalue weighted by Crippen LogP contribution is -2.42. The summed E-state index contributed by atoms with van der Waals surface area (Å²) in [6.07, 6.45) is -0.547. The number of hydrogen-bond acceptors (Lipinski definition) is 4. The highest BCUT2D eigenvalue weighted by molar-refractivity contribution is 7.80. The van der Waals surface area contributed by atoms with Crippen molar-refractivity contribution in [1.82, 2.24) is 9.91 Å². The van der Waals surface area contributed by atoms with E-state index in [0.717, 1.165) is 4.90 Å². The van der Waals surface area contributed by atoms with Crippen LogP contribution in [0.25, 0.3) is 0 Å². The van der Waals surface area contributed by atoms with Crippen molar-refractivity contribution in [2.45, 2.75) is 12.5 Å². The Balaban J connectivity index is 1.86. The molecule has 6 nitrogen and oxygen atoms in total. The van der Waals surface area contributed by atoms with E-state index in [4.69, 9.17) is 23.8 Å². The molecule has 164 valence electrons. The molecule has 1 atom stereocenters. The van der Waals surface area contributed by atoms with E-state index in [2.05, 4.69) is 5.32 Å². The van der Waals surface area contributed by atoms with Crippen LogP contribution in [0, 0.1) is 29.1 Å². The van der Waals surface area contributed by atoms with E-state index < -0.39 is 59.1 Å². The molecular formula is C18H12ClF5N4O2S. The Morgan fingerprint density at radius 3 is 2.10 bits per heavy atom. The van der Waals surface area contributed by atoms with Gasteiger partial charge in [0.25, 0.3) is 5.91 Å². The van der Waals surface area contributed by atoms with Crippen LogP contribution in [-0.4, -0.2) is 39.9 Å². The van der Waals surface area contributed by atoms with Gasteiger partial charge in [-0.25, -0.2) is 27.0 Å². The molecule has 1 fully saturated rings. The van der Waals surface area contributed by atoms with Crippen molar-refractivity contribution >= 4 is 52.1 Å². The van der Waals surface area contributed by atoms with Gasteiger partial charge < -0.3 is 5.32 Å². The van der Waals surface area contributed by atoms with Crippen LogP contribution in [-0.2, 0) is 9.59 Å². The molecular weight excluding hydrogens is 467 g/mol. The van der Waals surface area contributed by atoms with Crippen LogP contribution in [0.5, 0.6) is 0 Å². The molecule has 31 heavy (non-hydrogen) atoms. The van der Waals surface area contributed by atoms with Crippen molar-refractivity contribution < 1.29 is 31.5 Å². The smallest absolute Gasteiger partial charge is 0.253 e. The lowest BCUT2D eigenvalue weighted by molar-refractivity contribution is -0.129. The van der Waals surface area contributed by atoms with Gasteiger partial charge in [0.15, 0.2) is 28.4 Å². The lowest BCUT2D eigenvalue weighted by Gasteiger charge is -2.25. The van der Waals surface area contributed by atoms with Gasteiger partial charge in [0.1, 0.15) is 11.7 Å². The monoisotopic (exact) mass is 478 g/mol. The third-order valence-electron chi connectivity index (χ3n) is 4.37. The second kappa shape index (κ2) is 8.63. The van der Waals surface area contributed by atoms with E-state index in [9.17, 15) is 31.5 Å². The van der Waals surface area contributed by atoms with Crippen molar-refractivity contribution in [3.05, 3.63) is 58.4 Å². The molecule has 1 heterocycles. The van der Waals surface area contributed by atoms with Crippen LogP contribution in [0.2, 0.25) is 5.02 Å². The van der Waals surface area contributed by atoms with Crippen molar-refractivity contribution in [2.24, 2.45) is 0 Å². The first-order chi connectivity index (χ1) is 14.5. The van der Waals surface area contributed by atoms with Gasteiger partial charge in [-0.3, -0.25) is 19.9 Å². The van der Waals surface area contributed by atoms with E-state index >= 15 is 0 Å². The average molecular weight is 479 g/mol. The first-order valence-corrected chi connectivity index (χ1v) is 9.25. The Morgan fingerprint density at radius 1 is 1.03 bits per heavy atom. The Morgan fingerprint density at radius 2 is 1.55 bits per heavy atom. The van der Waals surface area contributed by atoms with Crippen molar-refractivity contribution in [2.75, 3.05) is 17.8 Å². The number of nitrogens with zero attached hydrogens (tertiary/aromatic N) is 2. The van der Waals surface area contributed by atoms with Crippen LogP contribution >= 0.6 is 23.8 Å². The number of hydrazine groups is 1. The molecule has 2 aromatic rings. The summed E-state index contributed by atoms with van der Waals surface area (Å²) in [4.78, 5) is 25.7. The van der Waals surface area contributed by atoms with Gasteiger partial charge in [-0.15, -0.1) is 0 Å². The number of carbonyl (C=O) groups is 2. The Bertz CT molecular complexity index is 1060. The lowest BCUT2D eigenvalue weighted by atomic mass is 10.2. The number of hydrogen-bond donors (Lipinski definition) is 2. The minimum absolute atomic E-state index is 0.335. The maximum absolute atomic E-state index is 14.0. The largest absolute Gasteiger partial charge is 0.326 e. The maximum Gasteiger partial charge on any atom is 0.253 e. The van der Waals surface area contributed by atoms with E-state index in [1.807, 2.05) is 5.43 Å². The molecule has 0 radical (unpaired) electrons. The predicted octanol–water partition coefficient (Wildman–Crippen LogP) is 3.82. The van der Waals surface area contributed by atoms with Gasteiger partial charge in [-0.2, -0.15) is 0 Å². The first-order valence-electron chi connectivity index (χ1n) is 8.47. The molecule has 0 saturated carbocycles. The number of benzene rings is 2. The third-order valence-corrected chi connectivity index (χ3v) is 5.09. The highest BCUT2D eigenvalue weighted by atomic mass is 35.5. The molecule has 13 heteroatoms. The minimum Gasteiger partial charge on any atom is -0.326 e. The number of anilines is 2. The minimum atomic E-state index is -2.34. The fourth-order valence-corrected chi connectivity index (χ4v) is 3.16. The zero-order valence-corrected chi connectivity index (χ0v) is 17.1. The molecule has 1 saturated heterocycles. The second-order valence-electron chi connectivity index (χ2n) is 6.38. The van der Waals surface area contributed by atoms with E-state index in [1.165, 1.54) is 31.3 Å². The van der Waals surface area contributed by atoms with Crippen LogP contribution in [0.4, 0.5) is 33.3 Å². The average Bonchev–Trinajstić information content (AvgIpc) is 2.93. The van der Waals surface area contributed by atoms with Gasteiger partial charge in [-0.05, 0) is 36.5 Å². The molecule has 1 aliphatic heterocycles. The van der Waals surface area contributed by atoms with Crippen molar-refractivity contribution in [1.29, 1.82) is 0 Å². The summed E-state index contributed by atoms with van der Waals surface area (Å²) in [7, 11) is 1.23. The zero-order valence-electron chi connectivity index (χ0n) is 15.5. The molecule has 1 aliphatic rings. The quantitative estimate of drug-likeness (QED) is 0.296. The summed E-state index contributed by atoms with van der Waals surface area (Å²) in [5.74, 6) is -12.4. The van der Waals surface area contributed by atoms with Crippen LogP contribution in [0.3, 0.4) is 0 Å².